The van der Waals surface area contributed by atoms with Gasteiger partial charge in [0.2, 0.25) is 0 Å². The summed E-state index contributed by atoms with van der Waals surface area (Å²) in [6.45, 7) is 2.01. The van der Waals surface area contributed by atoms with E-state index in [1.165, 1.54) is 6.07 Å². The molecule has 1 fully saturated rings. The van der Waals surface area contributed by atoms with E-state index in [2.05, 4.69) is 15.6 Å². The lowest BCUT2D eigenvalue weighted by Crippen LogP contribution is -2.38. The summed E-state index contributed by atoms with van der Waals surface area (Å²) in [7, 11) is 1.78. The number of benzene rings is 1. The topological polar surface area (TPSA) is 63.0 Å². The summed E-state index contributed by atoms with van der Waals surface area (Å²) in [5, 5.41) is 21.6. The highest BCUT2D eigenvalue weighted by molar-refractivity contribution is 5.40. The average Bonchev–Trinajstić information content (AvgIpc) is 2.92. The summed E-state index contributed by atoms with van der Waals surface area (Å²) < 4.78 is 39.9. The number of nitrogens with one attached hydrogen (secondary N) is 1. The molecule has 0 bridgehead atoms. The van der Waals surface area contributed by atoms with Crippen molar-refractivity contribution >= 4 is 0 Å². The molecular formula is C16H19F3N4O. The van der Waals surface area contributed by atoms with Crippen LogP contribution in [0.5, 0.6) is 5.75 Å². The van der Waals surface area contributed by atoms with Gasteiger partial charge in [0.1, 0.15) is 5.75 Å². The first-order valence-corrected chi connectivity index (χ1v) is 7.76. The molecule has 130 valence electrons. The molecule has 1 aliphatic heterocycles. The monoisotopic (exact) mass is 340 g/mol. The largest absolute Gasteiger partial charge is 0.508 e. The molecule has 3 rings (SSSR count). The van der Waals surface area contributed by atoms with Gasteiger partial charge in [0.15, 0.2) is 0 Å². The summed E-state index contributed by atoms with van der Waals surface area (Å²) in [5.41, 5.74) is 0.502. The van der Waals surface area contributed by atoms with Crippen LogP contribution in [-0.2, 0) is 13.2 Å². The van der Waals surface area contributed by atoms with Crippen molar-refractivity contribution < 1.29 is 18.3 Å². The van der Waals surface area contributed by atoms with E-state index in [9.17, 15) is 18.3 Å². The highest BCUT2D eigenvalue weighted by Crippen LogP contribution is 2.41. The first-order chi connectivity index (χ1) is 11.2. The van der Waals surface area contributed by atoms with Gasteiger partial charge in [-0.25, -0.2) is 0 Å². The molecule has 1 aromatic carbocycles. The second-order valence-corrected chi connectivity index (χ2v) is 6.38. The molecule has 3 atom stereocenters. The molecule has 8 heteroatoms. The fourth-order valence-corrected chi connectivity index (χ4v) is 3.34. The molecular weight excluding hydrogens is 321 g/mol. The number of aromatic nitrogens is 3. The van der Waals surface area contributed by atoms with Crippen LogP contribution in [0.1, 0.15) is 48.5 Å². The molecule has 1 aliphatic rings. The fraction of sp³-hybridized carbons (Fsp3) is 0.500. The first-order valence-electron chi connectivity index (χ1n) is 7.76. The molecule has 0 unspecified atom stereocenters. The van der Waals surface area contributed by atoms with Gasteiger partial charge in [0.05, 0.1) is 17.3 Å². The molecule has 0 radical (unpaired) electrons. The molecule has 24 heavy (non-hydrogen) atoms. The Morgan fingerprint density at radius 2 is 2.04 bits per heavy atom. The van der Waals surface area contributed by atoms with Crippen LogP contribution in [0.2, 0.25) is 0 Å². The Hall–Kier alpha value is -2.09. The maximum atomic E-state index is 12.8. The van der Waals surface area contributed by atoms with E-state index < -0.39 is 11.7 Å². The van der Waals surface area contributed by atoms with E-state index in [1.54, 1.807) is 11.7 Å². The van der Waals surface area contributed by atoms with Crippen LogP contribution in [0.15, 0.2) is 24.4 Å². The first kappa shape index (κ1) is 16.8. The van der Waals surface area contributed by atoms with Gasteiger partial charge in [-0.3, -0.25) is 4.68 Å². The van der Waals surface area contributed by atoms with E-state index in [-0.39, 0.29) is 23.8 Å². The van der Waals surface area contributed by atoms with Gasteiger partial charge in [-0.2, -0.15) is 13.2 Å². The third-order valence-electron chi connectivity index (χ3n) is 4.42. The number of aryl methyl sites for hydroxylation is 1. The number of hydrogen-bond acceptors (Lipinski definition) is 4. The van der Waals surface area contributed by atoms with Crippen molar-refractivity contribution in [3.05, 3.63) is 41.2 Å². The second-order valence-electron chi connectivity index (χ2n) is 6.38. The maximum Gasteiger partial charge on any atom is 0.416 e. The zero-order valence-electron chi connectivity index (χ0n) is 13.4. The van der Waals surface area contributed by atoms with Crippen molar-refractivity contribution in [1.82, 2.24) is 20.3 Å². The average molecular weight is 340 g/mol. The van der Waals surface area contributed by atoms with Crippen molar-refractivity contribution in [2.75, 3.05) is 0 Å². The number of aromatic hydroxyl groups is 1. The lowest BCUT2D eigenvalue weighted by atomic mass is 9.82. The summed E-state index contributed by atoms with van der Waals surface area (Å²) in [5.74, 6) is -0.350. The number of hydrogen-bond donors (Lipinski definition) is 2. The normalized spacial score (nSPS) is 25.0. The third kappa shape index (κ3) is 3.38. The van der Waals surface area contributed by atoms with Gasteiger partial charge in [-0.1, -0.05) is 11.3 Å². The molecule has 2 N–H and O–H groups in total. The van der Waals surface area contributed by atoms with Crippen molar-refractivity contribution in [2.45, 2.75) is 43.9 Å². The Morgan fingerprint density at radius 1 is 1.29 bits per heavy atom. The van der Waals surface area contributed by atoms with Crippen LogP contribution < -0.4 is 5.32 Å². The second kappa shape index (κ2) is 6.08. The third-order valence-corrected chi connectivity index (χ3v) is 4.42. The van der Waals surface area contributed by atoms with E-state index in [0.717, 1.165) is 24.2 Å². The lowest BCUT2D eigenvalue weighted by Gasteiger charge is -2.34. The van der Waals surface area contributed by atoms with Gasteiger partial charge >= 0.3 is 6.18 Å². The SMILES string of the molecule is C[C@H]1C[C@H](c2ccc(C(F)(F)F)cc2O)C[C@@H](c2cn(C)nn2)N1. The highest BCUT2D eigenvalue weighted by atomic mass is 19.4. The smallest absolute Gasteiger partial charge is 0.416 e. The number of alkyl halides is 3. The van der Waals surface area contributed by atoms with Crippen molar-refractivity contribution in [3.8, 4) is 5.75 Å². The standard InChI is InChI=1S/C16H19F3N4O/c1-9-5-10(6-13(20-9)14-8-23(2)22-21-14)12-4-3-11(7-15(12)24)16(17,18)19/h3-4,7-10,13,20,24H,5-6H2,1-2H3/t9-,10-,13-/m0/s1. The Bertz CT molecular complexity index is 728. The number of piperidine rings is 1. The van der Waals surface area contributed by atoms with Crippen molar-refractivity contribution in [2.24, 2.45) is 7.05 Å². The van der Waals surface area contributed by atoms with Crippen molar-refractivity contribution in [1.29, 1.82) is 0 Å². The molecule has 5 nitrogen and oxygen atoms in total. The van der Waals surface area contributed by atoms with Gasteiger partial charge in [-0.15, -0.1) is 5.10 Å². The van der Waals surface area contributed by atoms with Gasteiger partial charge in [-0.05, 0) is 43.4 Å². The zero-order chi connectivity index (χ0) is 17.5. The number of phenols is 1. The fourth-order valence-electron chi connectivity index (χ4n) is 3.34. The number of rotatable bonds is 2. The minimum absolute atomic E-state index is 0.0458. The van der Waals surface area contributed by atoms with Gasteiger partial charge < -0.3 is 10.4 Å². The predicted octanol–water partition coefficient (Wildman–Crippen LogP) is 3.14. The van der Waals surface area contributed by atoms with E-state index in [0.29, 0.717) is 12.0 Å². The Labute approximate surface area is 137 Å². The number of halogens is 3. The Kier molecular flexibility index (Phi) is 4.25. The van der Waals surface area contributed by atoms with Gasteiger partial charge in [0, 0.05) is 19.3 Å². The van der Waals surface area contributed by atoms with Crippen LogP contribution >= 0.6 is 0 Å². The van der Waals surface area contributed by atoms with Gasteiger partial charge in [0.25, 0.3) is 0 Å². The molecule has 0 aliphatic carbocycles. The summed E-state index contributed by atoms with van der Waals surface area (Å²) in [6.07, 6.45) is -1.27. The van der Waals surface area contributed by atoms with Crippen molar-refractivity contribution in [3.63, 3.8) is 0 Å². The quantitative estimate of drug-likeness (QED) is 0.882. The summed E-state index contributed by atoms with van der Waals surface area (Å²) >= 11 is 0. The van der Waals surface area contributed by atoms with E-state index in [1.807, 2.05) is 13.1 Å². The molecule has 1 aromatic heterocycles. The predicted molar refractivity (Wildman–Crippen MR) is 81.4 cm³/mol. The maximum absolute atomic E-state index is 12.8. The minimum atomic E-state index is -4.46. The summed E-state index contributed by atoms with van der Waals surface area (Å²) in [4.78, 5) is 0. The Balaban J connectivity index is 1.86. The molecule has 0 spiro atoms. The summed E-state index contributed by atoms with van der Waals surface area (Å²) in [6, 6.07) is 3.32. The zero-order valence-corrected chi connectivity index (χ0v) is 13.4. The molecule has 1 saturated heterocycles. The van der Waals surface area contributed by atoms with Crippen LogP contribution in [0.4, 0.5) is 13.2 Å². The number of phenolic OH excluding ortho intramolecular Hbond substituents is 1. The van der Waals surface area contributed by atoms with E-state index >= 15 is 0 Å². The molecule has 0 amide bonds. The van der Waals surface area contributed by atoms with Crippen LogP contribution in [-0.4, -0.2) is 26.1 Å². The van der Waals surface area contributed by atoms with Crippen LogP contribution in [0.3, 0.4) is 0 Å². The minimum Gasteiger partial charge on any atom is -0.508 e. The molecule has 0 saturated carbocycles. The molecule has 2 aromatic rings. The number of nitrogens with zero attached hydrogens (tertiary/aromatic N) is 3. The highest BCUT2D eigenvalue weighted by Gasteiger charge is 2.34. The van der Waals surface area contributed by atoms with E-state index in [4.69, 9.17) is 0 Å². The lowest BCUT2D eigenvalue weighted by molar-refractivity contribution is -0.137. The van der Waals surface area contributed by atoms with Crippen LogP contribution in [0, 0.1) is 0 Å². The Morgan fingerprint density at radius 3 is 2.62 bits per heavy atom. The van der Waals surface area contributed by atoms with Crippen LogP contribution in [0.25, 0.3) is 0 Å². The molecule has 2 heterocycles.